The first kappa shape index (κ1) is 9.29. The van der Waals surface area contributed by atoms with Gasteiger partial charge in [0.1, 0.15) is 5.76 Å². The van der Waals surface area contributed by atoms with Crippen LogP contribution in [0.15, 0.2) is 35.0 Å². The van der Waals surface area contributed by atoms with Crippen LogP contribution >= 0.6 is 0 Å². The number of benzene rings is 1. The Balaban J connectivity index is 2.07. The van der Waals surface area contributed by atoms with Crippen LogP contribution in [0.25, 0.3) is 17.4 Å². The monoisotopic (exact) mass is 222 g/mol. The van der Waals surface area contributed by atoms with Crippen molar-refractivity contribution in [2.24, 2.45) is 0 Å². The normalized spacial score (nSPS) is 16.2. The molecule has 0 bridgehead atoms. The summed E-state index contributed by atoms with van der Waals surface area (Å²) in [5.41, 5.74) is 7.27. The molecule has 1 nitrogen and oxygen atoms in total. The van der Waals surface area contributed by atoms with Gasteiger partial charge in [0.15, 0.2) is 0 Å². The zero-order chi connectivity index (χ0) is 11.2. The lowest BCUT2D eigenvalue weighted by atomic mass is 9.93. The first-order valence-electron chi connectivity index (χ1n) is 6.31. The molecule has 0 saturated heterocycles. The summed E-state index contributed by atoms with van der Waals surface area (Å²) < 4.78 is 5.64. The van der Waals surface area contributed by atoms with Crippen molar-refractivity contribution in [1.82, 2.24) is 0 Å². The Hall–Kier alpha value is -1.76. The van der Waals surface area contributed by atoms with E-state index in [1.165, 1.54) is 41.5 Å². The van der Waals surface area contributed by atoms with Crippen molar-refractivity contribution in [3.8, 4) is 11.3 Å². The Bertz CT molecular complexity index is 602. The van der Waals surface area contributed by atoms with E-state index in [0.717, 1.165) is 12.2 Å². The van der Waals surface area contributed by atoms with Crippen LogP contribution in [0.3, 0.4) is 0 Å². The molecule has 0 aliphatic heterocycles. The molecule has 17 heavy (non-hydrogen) atoms. The fraction of sp³-hybridized carbons (Fsp3) is 0.250. The summed E-state index contributed by atoms with van der Waals surface area (Å²) >= 11 is 0. The van der Waals surface area contributed by atoms with Crippen LogP contribution < -0.4 is 0 Å². The average molecular weight is 222 g/mol. The lowest BCUT2D eigenvalue weighted by Crippen LogP contribution is -1.95. The van der Waals surface area contributed by atoms with Gasteiger partial charge in [-0.2, -0.15) is 0 Å². The Morgan fingerprint density at radius 3 is 3.00 bits per heavy atom. The van der Waals surface area contributed by atoms with E-state index < -0.39 is 0 Å². The molecule has 0 amide bonds. The summed E-state index contributed by atoms with van der Waals surface area (Å²) in [5, 5.41) is 0. The molecule has 0 saturated carbocycles. The van der Waals surface area contributed by atoms with Gasteiger partial charge in [0.2, 0.25) is 0 Å². The van der Waals surface area contributed by atoms with E-state index in [4.69, 9.17) is 4.42 Å². The van der Waals surface area contributed by atoms with Crippen molar-refractivity contribution in [1.29, 1.82) is 0 Å². The van der Waals surface area contributed by atoms with Gasteiger partial charge in [0.05, 0.1) is 6.26 Å². The molecule has 2 aliphatic carbocycles. The Morgan fingerprint density at radius 2 is 2.12 bits per heavy atom. The van der Waals surface area contributed by atoms with E-state index in [2.05, 4.69) is 24.3 Å². The summed E-state index contributed by atoms with van der Waals surface area (Å²) in [4.78, 5) is 0. The second-order valence-corrected chi connectivity index (χ2v) is 4.90. The molecule has 0 unspecified atom stereocenters. The van der Waals surface area contributed by atoms with Crippen LogP contribution in [0.1, 0.15) is 28.7 Å². The van der Waals surface area contributed by atoms with Gasteiger partial charge in [-0.25, -0.2) is 0 Å². The second-order valence-electron chi connectivity index (χ2n) is 4.90. The molecule has 1 aromatic carbocycles. The minimum atomic E-state index is 1.03. The molecule has 1 heterocycles. The largest absolute Gasteiger partial charge is 0.464 e. The smallest absolute Gasteiger partial charge is 0.134 e. The Labute approximate surface area is 101 Å². The third-order valence-electron chi connectivity index (χ3n) is 3.92. The van der Waals surface area contributed by atoms with Gasteiger partial charge in [-0.05, 0) is 60.1 Å². The average Bonchev–Trinajstić information content (AvgIpc) is 3.06. The predicted octanol–water partition coefficient (Wildman–Crippen LogP) is 4.00. The van der Waals surface area contributed by atoms with Gasteiger partial charge in [-0.3, -0.25) is 0 Å². The van der Waals surface area contributed by atoms with Crippen LogP contribution in [0, 0.1) is 0 Å². The lowest BCUT2D eigenvalue weighted by molar-refractivity contribution is 0.581. The topological polar surface area (TPSA) is 13.1 Å². The molecular formula is C16H14O. The number of hydrogen-bond donors (Lipinski definition) is 0. The maximum Gasteiger partial charge on any atom is 0.134 e. The van der Waals surface area contributed by atoms with Crippen molar-refractivity contribution in [3.63, 3.8) is 0 Å². The highest BCUT2D eigenvalue weighted by molar-refractivity contribution is 5.81. The summed E-state index contributed by atoms with van der Waals surface area (Å²) in [7, 11) is 0. The second kappa shape index (κ2) is 3.36. The minimum absolute atomic E-state index is 1.03. The highest BCUT2D eigenvalue weighted by atomic mass is 16.3. The number of aryl methyl sites for hydroxylation is 1. The van der Waals surface area contributed by atoms with E-state index in [1.807, 2.05) is 6.07 Å². The van der Waals surface area contributed by atoms with Gasteiger partial charge in [-0.1, -0.05) is 18.2 Å². The number of rotatable bonds is 1. The van der Waals surface area contributed by atoms with Gasteiger partial charge >= 0.3 is 0 Å². The van der Waals surface area contributed by atoms with Crippen LogP contribution in [0.5, 0.6) is 0 Å². The number of allylic oxidation sites excluding steroid dienone is 1. The molecule has 1 heteroatoms. The molecule has 0 radical (unpaired) electrons. The third kappa shape index (κ3) is 1.25. The van der Waals surface area contributed by atoms with E-state index in [9.17, 15) is 0 Å². The van der Waals surface area contributed by atoms with Gasteiger partial charge in [0, 0.05) is 5.56 Å². The molecule has 0 N–H and O–H groups in total. The number of hydrogen-bond acceptors (Lipinski definition) is 1. The fourth-order valence-electron chi connectivity index (χ4n) is 3.19. The molecule has 1 aromatic heterocycles. The molecule has 0 atom stereocenters. The van der Waals surface area contributed by atoms with Gasteiger partial charge < -0.3 is 4.42 Å². The van der Waals surface area contributed by atoms with E-state index in [-0.39, 0.29) is 0 Å². The molecule has 0 spiro atoms. The Morgan fingerprint density at radius 1 is 1.12 bits per heavy atom. The van der Waals surface area contributed by atoms with Crippen molar-refractivity contribution >= 4 is 6.08 Å². The SMILES string of the molecule is C1=Cc2c(cc3c(c2-c2ccco2)CCC3)C1. The summed E-state index contributed by atoms with van der Waals surface area (Å²) in [5.74, 6) is 1.03. The molecular weight excluding hydrogens is 208 g/mol. The molecule has 0 fully saturated rings. The highest BCUT2D eigenvalue weighted by Gasteiger charge is 2.23. The summed E-state index contributed by atoms with van der Waals surface area (Å²) in [6.07, 6.45) is 11.1. The van der Waals surface area contributed by atoms with Gasteiger partial charge in [0.25, 0.3) is 0 Å². The van der Waals surface area contributed by atoms with E-state index >= 15 is 0 Å². The van der Waals surface area contributed by atoms with Crippen LogP contribution in [-0.2, 0) is 19.3 Å². The number of fused-ring (bicyclic) bond motifs is 2. The summed E-state index contributed by atoms with van der Waals surface area (Å²) in [6, 6.07) is 6.47. The van der Waals surface area contributed by atoms with Crippen LogP contribution in [0.2, 0.25) is 0 Å². The lowest BCUT2D eigenvalue weighted by Gasteiger charge is -2.12. The molecule has 4 rings (SSSR count). The summed E-state index contributed by atoms with van der Waals surface area (Å²) in [6.45, 7) is 0. The van der Waals surface area contributed by atoms with Crippen molar-refractivity contribution in [2.75, 3.05) is 0 Å². The maximum atomic E-state index is 5.64. The van der Waals surface area contributed by atoms with Crippen molar-refractivity contribution in [3.05, 3.63) is 52.8 Å². The fourth-order valence-corrected chi connectivity index (χ4v) is 3.19. The third-order valence-corrected chi connectivity index (χ3v) is 3.92. The number of furan rings is 1. The van der Waals surface area contributed by atoms with Gasteiger partial charge in [-0.15, -0.1) is 0 Å². The van der Waals surface area contributed by atoms with Crippen LogP contribution in [-0.4, -0.2) is 0 Å². The zero-order valence-electron chi connectivity index (χ0n) is 9.70. The van der Waals surface area contributed by atoms with Crippen molar-refractivity contribution in [2.45, 2.75) is 25.7 Å². The van der Waals surface area contributed by atoms with Crippen molar-refractivity contribution < 1.29 is 4.42 Å². The first-order chi connectivity index (χ1) is 8.43. The standard InChI is InChI=1S/C16H14O/c1-4-11-10-12-5-2-7-14(12)16(13(11)6-1)15-8-3-9-17-15/h1,3,6,8-10H,2,4-5,7H2. The van der Waals surface area contributed by atoms with Crippen LogP contribution in [0.4, 0.5) is 0 Å². The maximum absolute atomic E-state index is 5.64. The molecule has 2 aliphatic rings. The minimum Gasteiger partial charge on any atom is -0.464 e. The quantitative estimate of drug-likeness (QED) is 0.710. The molecule has 2 aromatic rings. The van der Waals surface area contributed by atoms with E-state index in [0.29, 0.717) is 0 Å². The highest BCUT2D eigenvalue weighted by Crippen LogP contribution is 2.40. The van der Waals surface area contributed by atoms with E-state index in [1.54, 1.807) is 11.8 Å². The first-order valence-corrected chi connectivity index (χ1v) is 6.31. The zero-order valence-corrected chi connectivity index (χ0v) is 9.70. The molecule has 84 valence electrons. The predicted molar refractivity (Wildman–Crippen MR) is 68.9 cm³/mol. The Kier molecular flexibility index (Phi) is 1.84.